The van der Waals surface area contributed by atoms with Gasteiger partial charge < -0.3 is 29.2 Å². The van der Waals surface area contributed by atoms with Gasteiger partial charge in [-0.25, -0.2) is 19.6 Å². The van der Waals surface area contributed by atoms with Crippen molar-refractivity contribution in [2.45, 2.75) is 57.9 Å². The van der Waals surface area contributed by atoms with Gasteiger partial charge in [-0.2, -0.15) is 0 Å². The molecular weight excluding hydrogens is 642 g/mol. The van der Waals surface area contributed by atoms with E-state index in [4.69, 9.17) is 9.47 Å². The third-order valence-corrected chi connectivity index (χ3v) is 9.34. The Bertz CT molecular complexity index is 1830. The van der Waals surface area contributed by atoms with Gasteiger partial charge in [0.25, 0.3) is 0 Å². The third-order valence-electron chi connectivity index (χ3n) is 9.34. The van der Waals surface area contributed by atoms with Crippen LogP contribution in [0.25, 0.3) is 11.1 Å². The number of amides is 1. The zero-order chi connectivity index (χ0) is 35.6. The first-order chi connectivity index (χ1) is 24.9. The van der Waals surface area contributed by atoms with Gasteiger partial charge in [-0.3, -0.25) is 4.90 Å². The molecular formula is C40H47N7O4. The van der Waals surface area contributed by atoms with Gasteiger partial charge >= 0.3 is 12.1 Å². The first-order valence-corrected chi connectivity index (χ1v) is 17.6. The molecule has 11 heteroatoms. The van der Waals surface area contributed by atoms with Crippen LogP contribution in [0.4, 0.5) is 4.79 Å². The number of aryl methyl sites for hydroxylation is 1. The maximum atomic E-state index is 13.0. The largest absolute Gasteiger partial charge is 0.464 e. The molecule has 0 saturated heterocycles. The number of rotatable bonds is 17. The van der Waals surface area contributed by atoms with Gasteiger partial charge in [0.05, 0.1) is 19.7 Å². The van der Waals surface area contributed by atoms with Crippen LogP contribution in [0.2, 0.25) is 0 Å². The van der Waals surface area contributed by atoms with E-state index in [9.17, 15) is 9.59 Å². The van der Waals surface area contributed by atoms with Crippen molar-refractivity contribution in [3.63, 3.8) is 0 Å². The summed E-state index contributed by atoms with van der Waals surface area (Å²) in [7, 11) is 4.07. The number of hydrogen-bond acceptors (Lipinski definition) is 8. The molecule has 2 heterocycles. The van der Waals surface area contributed by atoms with Gasteiger partial charge in [0.15, 0.2) is 0 Å². The minimum atomic E-state index is -0.789. The highest BCUT2D eigenvalue weighted by Gasteiger charge is 2.30. The van der Waals surface area contributed by atoms with E-state index in [1.807, 2.05) is 54.5 Å². The number of aromatic amines is 1. The molecule has 1 amide bonds. The van der Waals surface area contributed by atoms with Crippen LogP contribution in [-0.4, -0.2) is 74.2 Å². The van der Waals surface area contributed by atoms with Crippen molar-refractivity contribution in [1.29, 1.82) is 0 Å². The maximum absolute atomic E-state index is 13.0. The minimum Gasteiger partial charge on any atom is -0.464 e. The maximum Gasteiger partial charge on any atom is 0.407 e. The summed E-state index contributed by atoms with van der Waals surface area (Å²) >= 11 is 0. The van der Waals surface area contributed by atoms with E-state index < -0.39 is 18.1 Å². The van der Waals surface area contributed by atoms with Crippen LogP contribution >= 0.6 is 0 Å². The Labute approximate surface area is 299 Å². The molecule has 1 aliphatic rings. The smallest absolute Gasteiger partial charge is 0.407 e. The number of esters is 1. The second-order valence-electron chi connectivity index (χ2n) is 13.1. The predicted molar refractivity (Wildman–Crippen MR) is 195 cm³/mol. The quantitative estimate of drug-likeness (QED) is 0.114. The van der Waals surface area contributed by atoms with Crippen LogP contribution in [0.15, 0.2) is 97.6 Å². The number of fused-ring (bicyclic) bond motifs is 3. The number of carbonyl (C=O) groups is 2. The molecule has 2 aromatic heterocycles. The zero-order valence-electron chi connectivity index (χ0n) is 29.6. The van der Waals surface area contributed by atoms with Crippen molar-refractivity contribution in [1.82, 2.24) is 34.6 Å². The Balaban J connectivity index is 0.979. The Morgan fingerprint density at radius 1 is 0.882 bits per heavy atom. The van der Waals surface area contributed by atoms with Gasteiger partial charge in [-0.15, -0.1) is 0 Å². The van der Waals surface area contributed by atoms with E-state index in [1.165, 1.54) is 11.1 Å². The van der Waals surface area contributed by atoms with Gasteiger partial charge in [0.1, 0.15) is 24.3 Å². The number of nitrogens with one attached hydrogen (secondary N) is 2. The predicted octanol–water partition coefficient (Wildman–Crippen LogP) is 6.03. The molecule has 0 unspecified atom stereocenters. The average molecular weight is 690 g/mol. The molecule has 0 radical (unpaired) electrons. The standard InChI is InChI=1S/C40H47N7O4/c1-4-50-39(48)36(44-40(49)51-28-35-33-12-7-5-10-31(33)32-11-6-8-13-34(32)35)14-9-22-45(2)24-29-15-17-30(18-16-29)25-47(26-37-41-19-20-42-37)27-38-43-21-23-46(38)3/h5-8,10-13,15-21,23,35-36H,4,9,14,22,24-28H2,1-3H3,(H,41,42)(H,44,49)/t36-/m0/s1. The highest BCUT2D eigenvalue weighted by molar-refractivity contribution is 5.82. The summed E-state index contributed by atoms with van der Waals surface area (Å²) in [6.45, 7) is 5.83. The molecule has 0 bridgehead atoms. The van der Waals surface area contributed by atoms with Crippen LogP contribution in [0.5, 0.6) is 0 Å². The summed E-state index contributed by atoms with van der Waals surface area (Å²) < 4.78 is 13.1. The number of hydrogen-bond donors (Lipinski definition) is 2. The molecule has 266 valence electrons. The topological polar surface area (TPSA) is 118 Å². The van der Waals surface area contributed by atoms with E-state index in [-0.39, 0.29) is 19.1 Å². The molecule has 5 aromatic rings. The lowest BCUT2D eigenvalue weighted by Gasteiger charge is -2.22. The van der Waals surface area contributed by atoms with Crippen molar-refractivity contribution < 1.29 is 19.1 Å². The van der Waals surface area contributed by atoms with Gasteiger partial charge in [-0.05, 0) is 66.7 Å². The number of nitrogens with zero attached hydrogens (tertiary/aromatic N) is 5. The summed E-state index contributed by atoms with van der Waals surface area (Å²) in [5, 5.41) is 2.78. The summed E-state index contributed by atoms with van der Waals surface area (Å²) in [6.07, 6.45) is 7.92. The molecule has 0 fully saturated rings. The fourth-order valence-electron chi connectivity index (χ4n) is 6.75. The van der Waals surface area contributed by atoms with Crippen LogP contribution in [0.1, 0.15) is 59.6 Å². The number of aromatic nitrogens is 4. The zero-order valence-corrected chi connectivity index (χ0v) is 29.6. The Morgan fingerprint density at radius 3 is 2.20 bits per heavy atom. The van der Waals surface area contributed by atoms with Crippen molar-refractivity contribution in [2.75, 3.05) is 26.8 Å². The first-order valence-electron chi connectivity index (χ1n) is 17.6. The number of H-pyrrole nitrogens is 1. The first kappa shape index (κ1) is 35.6. The normalized spacial score (nSPS) is 12.9. The second kappa shape index (κ2) is 17.1. The molecule has 0 saturated carbocycles. The fourth-order valence-corrected chi connectivity index (χ4v) is 6.75. The van der Waals surface area contributed by atoms with E-state index in [1.54, 1.807) is 13.1 Å². The molecule has 6 rings (SSSR count). The Hall–Kier alpha value is -5.26. The Kier molecular flexibility index (Phi) is 11.9. The van der Waals surface area contributed by atoms with Crippen LogP contribution in [0.3, 0.4) is 0 Å². The van der Waals surface area contributed by atoms with Crippen LogP contribution in [-0.2, 0) is 47.5 Å². The Morgan fingerprint density at radius 2 is 1.57 bits per heavy atom. The van der Waals surface area contributed by atoms with Crippen LogP contribution in [0, 0.1) is 0 Å². The molecule has 11 nitrogen and oxygen atoms in total. The number of alkyl carbamates (subject to hydrolysis) is 1. The van der Waals surface area contributed by atoms with Crippen molar-refractivity contribution in [3.8, 4) is 11.1 Å². The minimum absolute atomic E-state index is 0.0565. The molecule has 2 N–H and O–H groups in total. The van der Waals surface area contributed by atoms with E-state index >= 15 is 0 Å². The summed E-state index contributed by atoms with van der Waals surface area (Å²) in [4.78, 5) is 42.5. The average Bonchev–Trinajstić information content (AvgIpc) is 3.87. The number of benzene rings is 3. The second-order valence-corrected chi connectivity index (χ2v) is 13.1. The lowest BCUT2D eigenvalue weighted by atomic mass is 9.98. The van der Waals surface area contributed by atoms with Gasteiger partial charge in [0.2, 0.25) is 0 Å². The highest BCUT2D eigenvalue weighted by atomic mass is 16.6. The summed E-state index contributed by atoms with van der Waals surface area (Å²) in [6, 6.07) is 24.3. The molecule has 0 aliphatic heterocycles. The van der Waals surface area contributed by atoms with Crippen molar-refractivity contribution in [3.05, 3.63) is 131 Å². The van der Waals surface area contributed by atoms with Gasteiger partial charge in [-0.1, -0.05) is 72.8 Å². The number of carbonyl (C=O) groups excluding carboxylic acids is 2. The number of imidazole rings is 2. The van der Waals surface area contributed by atoms with E-state index in [2.05, 4.69) is 85.6 Å². The van der Waals surface area contributed by atoms with Crippen molar-refractivity contribution >= 4 is 12.1 Å². The van der Waals surface area contributed by atoms with E-state index in [0.717, 1.165) is 53.5 Å². The SMILES string of the molecule is CCOC(=O)[C@H](CCCN(C)Cc1ccc(CN(Cc2ncc[nH]2)Cc2nccn2C)cc1)NC(=O)OCC1c2ccccc2-c2ccccc21. The molecule has 1 aliphatic carbocycles. The lowest BCUT2D eigenvalue weighted by molar-refractivity contribution is -0.145. The van der Waals surface area contributed by atoms with Crippen LogP contribution < -0.4 is 5.32 Å². The lowest BCUT2D eigenvalue weighted by Crippen LogP contribution is -2.42. The van der Waals surface area contributed by atoms with Crippen molar-refractivity contribution in [2.24, 2.45) is 7.05 Å². The summed E-state index contributed by atoms with van der Waals surface area (Å²) in [5.74, 6) is 1.41. The van der Waals surface area contributed by atoms with E-state index in [0.29, 0.717) is 25.9 Å². The monoisotopic (exact) mass is 689 g/mol. The molecule has 1 atom stereocenters. The molecule has 0 spiro atoms. The fraction of sp³-hybridized carbons (Fsp3) is 0.350. The molecule has 3 aromatic carbocycles. The highest BCUT2D eigenvalue weighted by Crippen LogP contribution is 2.44. The third kappa shape index (κ3) is 9.30. The van der Waals surface area contributed by atoms with Gasteiger partial charge in [0, 0.05) is 50.8 Å². The molecule has 51 heavy (non-hydrogen) atoms. The number of ether oxygens (including phenoxy) is 2. The summed E-state index contributed by atoms with van der Waals surface area (Å²) in [5.41, 5.74) is 7.00.